The highest BCUT2D eigenvalue weighted by atomic mass is 16.5. The first-order valence-electron chi connectivity index (χ1n) is 10.9. The maximum absolute atomic E-state index is 12.4. The lowest BCUT2D eigenvalue weighted by Crippen LogP contribution is -2.27. The van der Waals surface area contributed by atoms with Gasteiger partial charge < -0.3 is 15.4 Å². The van der Waals surface area contributed by atoms with Gasteiger partial charge in [0.05, 0.1) is 6.61 Å². The van der Waals surface area contributed by atoms with E-state index >= 15 is 0 Å². The van der Waals surface area contributed by atoms with Crippen LogP contribution in [0.2, 0.25) is 0 Å². The molecule has 31 heavy (non-hydrogen) atoms. The number of hydrogen-bond donors (Lipinski definition) is 3. The summed E-state index contributed by atoms with van der Waals surface area (Å²) >= 11 is 0. The van der Waals surface area contributed by atoms with Crippen molar-refractivity contribution in [1.82, 2.24) is 20.8 Å². The standard InChI is InChI=1S/C24H32N4O3/c1-4-31-21-15-20(27-28-21)23(30)25-14-11-17-5-7-18(8-6-17)16-26-22(29)19-9-12-24(2,3)13-10-19/h5-9,15H,4,10-14,16H2,1-3H3,(H,25,30)(H,26,29)(H,27,28). The molecule has 0 fully saturated rings. The predicted molar refractivity (Wildman–Crippen MR) is 120 cm³/mol. The van der Waals surface area contributed by atoms with E-state index in [1.807, 2.05) is 31.2 Å². The Labute approximate surface area is 183 Å². The van der Waals surface area contributed by atoms with Crippen LogP contribution in [0.25, 0.3) is 0 Å². The average Bonchev–Trinajstić information content (AvgIpc) is 3.22. The molecule has 0 aliphatic heterocycles. The van der Waals surface area contributed by atoms with Crippen molar-refractivity contribution in [3.63, 3.8) is 0 Å². The van der Waals surface area contributed by atoms with Gasteiger partial charge in [0.25, 0.3) is 5.91 Å². The highest BCUT2D eigenvalue weighted by molar-refractivity contribution is 5.93. The molecule has 0 unspecified atom stereocenters. The minimum absolute atomic E-state index is 0.0353. The summed E-state index contributed by atoms with van der Waals surface area (Å²) in [5.41, 5.74) is 3.68. The first-order valence-corrected chi connectivity index (χ1v) is 10.9. The molecule has 2 aromatic rings. The number of nitrogens with zero attached hydrogens (tertiary/aromatic N) is 1. The largest absolute Gasteiger partial charge is 0.478 e. The van der Waals surface area contributed by atoms with E-state index in [4.69, 9.17) is 4.74 Å². The lowest BCUT2D eigenvalue weighted by atomic mass is 9.78. The topological polar surface area (TPSA) is 96.1 Å². The monoisotopic (exact) mass is 424 g/mol. The van der Waals surface area contributed by atoms with Crippen LogP contribution < -0.4 is 15.4 Å². The van der Waals surface area contributed by atoms with Gasteiger partial charge in [-0.05, 0) is 49.1 Å². The number of H-pyrrole nitrogens is 1. The van der Waals surface area contributed by atoms with E-state index in [0.717, 1.165) is 36.0 Å². The number of rotatable bonds is 9. The second kappa shape index (κ2) is 10.3. The van der Waals surface area contributed by atoms with Crippen molar-refractivity contribution in [3.05, 3.63) is 58.8 Å². The molecule has 1 aliphatic rings. The molecule has 166 valence electrons. The zero-order valence-electron chi connectivity index (χ0n) is 18.6. The van der Waals surface area contributed by atoms with Crippen LogP contribution in [0.5, 0.6) is 5.88 Å². The van der Waals surface area contributed by atoms with E-state index in [9.17, 15) is 9.59 Å². The molecule has 1 aromatic heterocycles. The van der Waals surface area contributed by atoms with Crippen LogP contribution in [0.1, 0.15) is 61.6 Å². The number of aromatic amines is 1. The fourth-order valence-corrected chi connectivity index (χ4v) is 3.46. The third kappa shape index (κ3) is 6.70. The van der Waals surface area contributed by atoms with Gasteiger partial charge in [-0.1, -0.05) is 44.2 Å². The molecule has 7 heteroatoms. The molecule has 0 saturated heterocycles. The summed E-state index contributed by atoms with van der Waals surface area (Å²) in [5, 5.41) is 12.5. The third-order valence-corrected chi connectivity index (χ3v) is 5.53. The highest BCUT2D eigenvalue weighted by Gasteiger charge is 2.24. The first-order chi connectivity index (χ1) is 14.9. The van der Waals surface area contributed by atoms with Crippen molar-refractivity contribution in [1.29, 1.82) is 0 Å². The maximum atomic E-state index is 12.4. The summed E-state index contributed by atoms with van der Waals surface area (Å²) in [6.07, 6.45) is 5.63. The molecule has 3 rings (SSSR count). The smallest absolute Gasteiger partial charge is 0.271 e. The Kier molecular flexibility index (Phi) is 7.50. The fraction of sp³-hybridized carbons (Fsp3) is 0.458. The zero-order chi connectivity index (χ0) is 22.3. The van der Waals surface area contributed by atoms with Gasteiger partial charge in [-0.25, -0.2) is 5.10 Å². The van der Waals surface area contributed by atoms with E-state index in [1.165, 1.54) is 0 Å². The van der Waals surface area contributed by atoms with Crippen LogP contribution in [-0.2, 0) is 17.8 Å². The van der Waals surface area contributed by atoms with Crippen LogP contribution in [0.3, 0.4) is 0 Å². The summed E-state index contributed by atoms with van der Waals surface area (Å²) in [6.45, 7) is 7.88. The molecule has 0 saturated carbocycles. The van der Waals surface area contributed by atoms with Gasteiger partial charge in [0.15, 0.2) is 5.69 Å². The lowest BCUT2D eigenvalue weighted by molar-refractivity contribution is -0.118. The molecule has 7 nitrogen and oxygen atoms in total. The molecule has 1 aromatic carbocycles. The number of carbonyl (C=O) groups is 2. The normalized spacial score (nSPS) is 15.1. The molecule has 2 amide bonds. The van der Waals surface area contributed by atoms with Crippen LogP contribution >= 0.6 is 0 Å². The first kappa shape index (κ1) is 22.6. The van der Waals surface area contributed by atoms with Gasteiger partial charge >= 0.3 is 0 Å². The van der Waals surface area contributed by atoms with E-state index in [-0.39, 0.29) is 11.8 Å². The predicted octanol–water partition coefficient (Wildman–Crippen LogP) is 3.53. The molecule has 0 bridgehead atoms. The van der Waals surface area contributed by atoms with Crippen LogP contribution in [0.15, 0.2) is 42.0 Å². The lowest BCUT2D eigenvalue weighted by Gasteiger charge is -2.28. The van der Waals surface area contributed by atoms with E-state index in [2.05, 4.69) is 40.8 Å². The van der Waals surface area contributed by atoms with Crippen molar-refractivity contribution < 1.29 is 14.3 Å². The van der Waals surface area contributed by atoms with Gasteiger partial charge in [-0.3, -0.25) is 9.59 Å². The van der Waals surface area contributed by atoms with Crippen LogP contribution in [0.4, 0.5) is 0 Å². The molecule has 0 atom stereocenters. The average molecular weight is 425 g/mol. The molecule has 1 heterocycles. The maximum Gasteiger partial charge on any atom is 0.271 e. The van der Waals surface area contributed by atoms with Crippen molar-refractivity contribution in [2.75, 3.05) is 13.2 Å². The third-order valence-electron chi connectivity index (χ3n) is 5.53. The fourth-order valence-electron chi connectivity index (χ4n) is 3.46. The Morgan fingerprint density at radius 2 is 1.87 bits per heavy atom. The number of allylic oxidation sites excluding steroid dienone is 1. The quantitative estimate of drug-likeness (QED) is 0.574. The van der Waals surface area contributed by atoms with Crippen molar-refractivity contribution in [2.45, 2.75) is 53.0 Å². The summed E-state index contributed by atoms with van der Waals surface area (Å²) < 4.78 is 5.27. The number of nitrogens with one attached hydrogen (secondary N) is 3. The van der Waals surface area contributed by atoms with Gasteiger partial charge in [0.2, 0.25) is 11.8 Å². The molecular weight excluding hydrogens is 392 g/mol. The summed E-state index contributed by atoms with van der Waals surface area (Å²) in [4.78, 5) is 24.5. The second-order valence-electron chi connectivity index (χ2n) is 8.65. The Balaban J connectivity index is 1.40. The van der Waals surface area contributed by atoms with Crippen molar-refractivity contribution in [3.8, 4) is 5.88 Å². The molecule has 0 spiro atoms. The van der Waals surface area contributed by atoms with Gasteiger partial charge in [0, 0.05) is 24.7 Å². The zero-order valence-corrected chi connectivity index (χ0v) is 18.6. The van der Waals surface area contributed by atoms with E-state index in [0.29, 0.717) is 43.1 Å². The Bertz CT molecular complexity index is 929. The van der Waals surface area contributed by atoms with E-state index in [1.54, 1.807) is 6.07 Å². The summed E-state index contributed by atoms with van der Waals surface area (Å²) in [5.74, 6) is 0.286. The molecule has 3 N–H and O–H groups in total. The Hall–Kier alpha value is -3.09. The van der Waals surface area contributed by atoms with E-state index < -0.39 is 0 Å². The van der Waals surface area contributed by atoms with Gasteiger partial charge in [0.1, 0.15) is 0 Å². The number of carbonyl (C=O) groups excluding carboxylic acids is 2. The van der Waals surface area contributed by atoms with Crippen LogP contribution in [0, 0.1) is 5.41 Å². The Morgan fingerprint density at radius 1 is 1.13 bits per heavy atom. The highest BCUT2D eigenvalue weighted by Crippen LogP contribution is 2.34. The molecule has 0 radical (unpaired) electrons. The number of aromatic nitrogens is 2. The number of benzene rings is 1. The Morgan fingerprint density at radius 3 is 2.55 bits per heavy atom. The summed E-state index contributed by atoms with van der Waals surface area (Å²) in [6, 6.07) is 9.66. The number of hydrogen-bond acceptors (Lipinski definition) is 4. The minimum Gasteiger partial charge on any atom is -0.478 e. The van der Waals surface area contributed by atoms with Crippen molar-refractivity contribution in [2.24, 2.45) is 5.41 Å². The number of ether oxygens (including phenoxy) is 1. The van der Waals surface area contributed by atoms with Crippen molar-refractivity contribution >= 4 is 11.8 Å². The minimum atomic E-state index is -0.234. The van der Waals surface area contributed by atoms with Gasteiger partial charge in [-0.15, -0.1) is 0 Å². The molecular formula is C24H32N4O3. The van der Waals surface area contributed by atoms with Gasteiger partial charge in [-0.2, -0.15) is 5.10 Å². The summed E-state index contributed by atoms with van der Waals surface area (Å²) in [7, 11) is 0. The van der Waals surface area contributed by atoms with Crippen LogP contribution in [-0.4, -0.2) is 35.2 Å². The molecule has 1 aliphatic carbocycles. The second-order valence-corrected chi connectivity index (χ2v) is 8.65. The number of amides is 2. The SMILES string of the molecule is CCOc1cc(C(=O)NCCc2ccc(CNC(=O)C3=CCC(C)(C)CC3)cc2)n[nH]1.